The summed E-state index contributed by atoms with van der Waals surface area (Å²) >= 11 is 0. The Kier molecular flexibility index (Phi) is 3.00. The Hall–Kier alpha value is -1.29. The topological polar surface area (TPSA) is 39.1 Å². The van der Waals surface area contributed by atoms with Crippen molar-refractivity contribution in [2.75, 3.05) is 5.75 Å². The highest BCUT2D eigenvalue weighted by Crippen LogP contribution is 2.21. The van der Waals surface area contributed by atoms with Crippen molar-refractivity contribution >= 4 is 20.7 Å². The molecule has 0 aliphatic heterocycles. The van der Waals surface area contributed by atoms with Crippen LogP contribution in [0.5, 0.6) is 0 Å². The van der Waals surface area contributed by atoms with E-state index in [0.29, 0.717) is 0 Å². The third kappa shape index (κ3) is 2.36. The van der Waals surface area contributed by atoms with Crippen LogP contribution in [0, 0.1) is 6.92 Å². The molecule has 0 aliphatic carbocycles. The molecule has 1 heterocycles. The van der Waals surface area contributed by atoms with Crippen molar-refractivity contribution in [1.82, 2.24) is 4.57 Å². The molecule has 0 atom stereocenters. The summed E-state index contributed by atoms with van der Waals surface area (Å²) in [6.45, 7) is 3.72. The predicted octanol–water partition coefficient (Wildman–Crippen LogP) is 2.42. The molecular weight excluding hydrogens is 234 g/mol. The van der Waals surface area contributed by atoms with Crippen molar-refractivity contribution in [3.05, 3.63) is 35.5 Å². The smallest absolute Gasteiger partial charge is 0.155 e. The van der Waals surface area contributed by atoms with Gasteiger partial charge in [0.2, 0.25) is 0 Å². The van der Waals surface area contributed by atoms with Crippen molar-refractivity contribution in [2.24, 2.45) is 7.05 Å². The minimum atomic E-state index is -2.97. The molecule has 0 N–H and O–H groups in total. The van der Waals surface area contributed by atoms with E-state index in [1.165, 1.54) is 5.56 Å². The van der Waals surface area contributed by atoms with E-state index in [2.05, 4.69) is 6.07 Å². The number of nitrogens with zero attached hydrogens (tertiary/aromatic N) is 1. The summed E-state index contributed by atoms with van der Waals surface area (Å²) in [5, 5.41) is 1.10. The molecule has 3 nitrogen and oxygen atoms in total. The second kappa shape index (κ2) is 4.18. The molecule has 0 radical (unpaired) electrons. The third-order valence-electron chi connectivity index (χ3n) is 3.11. The maximum atomic E-state index is 11.7. The molecule has 0 aliphatic rings. The Balaban J connectivity index is 2.53. The summed E-state index contributed by atoms with van der Waals surface area (Å²) in [5.74, 6) is 0.307. The summed E-state index contributed by atoms with van der Waals surface area (Å²) < 4.78 is 25.3. The van der Waals surface area contributed by atoms with Gasteiger partial charge in [-0.1, -0.05) is 19.1 Å². The summed E-state index contributed by atoms with van der Waals surface area (Å²) in [6.07, 6.45) is 0. The lowest BCUT2D eigenvalue weighted by atomic mass is 10.2. The number of aromatic nitrogens is 1. The van der Waals surface area contributed by atoms with Crippen LogP contribution in [0.1, 0.15) is 18.2 Å². The largest absolute Gasteiger partial charge is 0.347 e. The Bertz CT molecular complexity index is 653. The van der Waals surface area contributed by atoms with E-state index in [1.807, 2.05) is 36.7 Å². The van der Waals surface area contributed by atoms with Crippen molar-refractivity contribution in [3.8, 4) is 0 Å². The van der Waals surface area contributed by atoms with E-state index in [1.54, 1.807) is 6.92 Å². The first-order chi connectivity index (χ1) is 7.93. The fourth-order valence-electron chi connectivity index (χ4n) is 1.96. The fraction of sp³-hybridized carbons (Fsp3) is 0.385. The normalized spacial score (nSPS) is 12.2. The molecule has 0 fully saturated rings. The highest BCUT2D eigenvalue weighted by atomic mass is 32.2. The van der Waals surface area contributed by atoms with Gasteiger partial charge in [0.05, 0.1) is 5.75 Å². The Morgan fingerprint density at radius 2 is 1.94 bits per heavy atom. The molecule has 2 rings (SSSR count). The van der Waals surface area contributed by atoms with Crippen molar-refractivity contribution in [2.45, 2.75) is 19.6 Å². The van der Waals surface area contributed by atoms with E-state index in [0.717, 1.165) is 16.6 Å². The van der Waals surface area contributed by atoms with Crippen LogP contribution < -0.4 is 0 Å². The highest BCUT2D eigenvalue weighted by molar-refractivity contribution is 7.90. The molecular formula is C13H17NO2S. The maximum absolute atomic E-state index is 11.7. The van der Waals surface area contributed by atoms with Crippen LogP contribution in [0.15, 0.2) is 24.3 Å². The second-order valence-electron chi connectivity index (χ2n) is 4.43. The van der Waals surface area contributed by atoms with Gasteiger partial charge in [-0.25, -0.2) is 8.42 Å². The van der Waals surface area contributed by atoms with Crippen LogP contribution in [-0.4, -0.2) is 18.7 Å². The molecule has 0 bridgehead atoms. The zero-order valence-corrected chi connectivity index (χ0v) is 11.2. The van der Waals surface area contributed by atoms with E-state index >= 15 is 0 Å². The lowest BCUT2D eigenvalue weighted by molar-refractivity contribution is 0.595. The third-order valence-corrected chi connectivity index (χ3v) is 4.72. The SMILES string of the molecule is CCS(=O)(=O)Cc1cc2ccc(C)cc2n1C. The lowest BCUT2D eigenvalue weighted by Crippen LogP contribution is -2.09. The van der Waals surface area contributed by atoms with E-state index in [-0.39, 0.29) is 11.5 Å². The van der Waals surface area contributed by atoms with Gasteiger partial charge in [0.15, 0.2) is 9.84 Å². The predicted molar refractivity (Wildman–Crippen MR) is 70.8 cm³/mol. The zero-order valence-electron chi connectivity index (χ0n) is 10.4. The van der Waals surface area contributed by atoms with E-state index in [9.17, 15) is 8.42 Å². The molecule has 0 saturated heterocycles. The van der Waals surface area contributed by atoms with Gasteiger partial charge in [-0.2, -0.15) is 0 Å². The Morgan fingerprint density at radius 1 is 1.24 bits per heavy atom. The quantitative estimate of drug-likeness (QED) is 0.840. The summed E-state index contributed by atoms with van der Waals surface area (Å²) in [5.41, 5.74) is 3.13. The molecule has 0 unspecified atom stereocenters. The fourth-order valence-corrected chi connectivity index (χ4v) is 2.89. The van der Waals surface area contributed by atoms with Gasteiger partial charge in [0.1, 0.15) is 0 Å². The molecule has 0 saturated carbocycles. The lowest BCUT2D eigenvalue weighted by Gasteiger charge is -2.04. The minimum Gasteiger partial charge on any atom is -0.347 e. The standard InChI is InChI=1S/C13H17NO2S/c1-4-17(15,16)9-12-8-11-6-5-10(2)7-13(11)14(12)3/h5-8H,4,9H2,1-3H3. The number of fused-ring (bicyclic) bond motifs is 1. The number of sulfone groups is 1. The van der Waals surface area contributed by atoms with Crippen molar-refractivity contribution in [1.29, 1.82) is 0 Å². The number of hydrogen-bond acceptors (Lipinski definition) is 2. The molecule has 2 aromatic rings. The number of rotatable bonds is 3. The summed E-state index contributed by atoms with van der Waals surface area (Å²) in [6, 6.07) is 8.12. The molecule has 0 amide bonds. The van der Waals surface area contributed by atoms with Gasteiger partial charge < -0.3 is 4.57 Å². The molecule has 92 valence electrons. The van der Waals surface area contributed by atoms with Gasteiger partial charge in [-0.3, -0.25) is 0 Å². The molecule has 1 aromatic heterocycles. The van der Waals surface area contributed by atoms with Crippen LogP contribution >= 0.6 is 0 Å². The monoisotopic (exact) mass is 251 g/mol. The van der Waals surface area contributed by atoms with Crippen LogP contribution in [0.4, 0.5) is 0 Å². The maximum Gasteiger partial charge on any atom is 0.155 e. The van der Waals surface area contributed by atoms with Crippen LogP contribution in [-0.2, 0) is 22.6 Å². The minimum absolute atomic E-state index is 0.119. The van der Waals surface area contributed by atoms with Crippen molar-refractivity contribution in [3.63, 3.8) is 0 Å². The Morgan fingerprint density at radius 3 is 2.59 bits per heavy atom. The number of benzene rings is 1. The number of aryl methyl sites for hydroxylation is 2. The van der Waals surface area contributed by atoms with Gasteiger partial charge in [-0.15, -0.1) is 0 Å². The van der Waals surface area contributed by atoms with Gasteiger partial charge >= 0.3 is 0 Å². The molecule has 1 aromatic carbocycles. The summed E-state index contributed by atoms with van der Waals surface area (Å²) in [4.78, 5) is 0. The first-order valence-corrected chi connectivity index (χ1v) is 7.50. The average molecular weight is 251 g/mol. The van der Waals surface area contributed by atoms with Crippen LogP contribution in [0.3, 0.4) is 0 Å². The first kappa shape index (κ1) is 12.2. The van der Waals surface area contributed by atoms with Gasteiger partial charge in [0.25, 0.3) is 0 Å². The molecule has 17 heavy (non-hydrogen) atoms. The summed E-state index contributed by atoms with van der Waals surface area (Å²) in [7, 11) is -1.05. The van der Waals surface area contributed by atoms with Crippen LogP contribution in [0.2, 0.25) is 0 Å². The van der Waals surface area contributed by atoms with Crippen molar-refractivity contribution < 1.29 is 8.42 Å². The van der Waals surface area contributed by atoms with Gasteiger partial charge in [0, 0.05) is 24.0 Å². The Labute approximate surface area is 102 Å². The number of hydrogen-bond donors (Lipinski definition) is 0. The zero-order chi connectivity index (χ0) is 12.6. The van der Waals surface area contributed by atoms with E-state index in [4.69, 9.17) is 0 Å². The average Bonchev–Trinajstić information content (AvgIpc) is 2.56. The molecule has 0 spiro atoms. The van der Waals surface area contributed by atoms with Gasteiger partial charge in [-0.05, 0) is 30.0 Å². The first-order valence-electron chi connectivity index (χ1n) is 5.68. The second-order valence-corrected chi connectivity index (χ2v) is 6.79. The molecule has 4 heteroatoms. The van der Waals surface area contributed by atoms with E-state index < -0.39 is 9.84 Å². The van der Waals surface area contributed by atoms with Crippen LogP contribution in [0.25, 0.3) is 10.9 Å². The highest BCUT2D eigenvalue weighted by Gasteiger charge is 2.13.